The molecule has 2 nitrogen and oxygen atoms in total. The standard InChI is InChI=1S/C14H22O2Si/c1-2-12-6-3-4-7-14(12)17-9-5-8-15-10-13-11-16-13/h3-4,6-7,13H,2,5,8-11,17H2,1H3. The van der Waals surface area contributed by atoms with Gasteiger partial charge in [0.1, 0.15) is 6.10 Å². The Morgan fingerprint density at radius 1 is 1.41 bits per heavy atom. The lowest BCUT2D eigenvalue weighted by molar-refractivity contribution is 0.117. The molecule has 1 unspecified atom stereocenters. The molecule has 0 aromatic heterocycles. The van der Waals surface area contributed by atoms with Crippen molar-refractivity contribution in [2.24, 2.45) is 0 Å². The molecular formula is C14H22O2Si. The zero-order valence-corrected chi connectivity index (χ0v) is 12.1. The summed E-state index contributed by atoms with van der Waals surface area (Å²) in [5.74, 6) is 0. The van der Waals surface area contributed by atoms with Crippen molar-refractivity contribution in [1.82, 2.24) is 0 Å². The van der Waals surface area contributed by atoms with Crippen LogP contribution in [-0.4, -0.2) is 35.4 Å². The maximum atomic E-state index is 5.55. The van der Waals surface area contributed by atoms with Gasteiger partial charge in [-0.15, -0.1) is 0 Å². The second-order valence-electron chi connectivity index (χ2n) is 4.61. The lowest BCUT2D eigenvalue weighted by atomic mass is 10.2. The Morgan fingerprint density at radius 2 is 2.24 bits per heavy atom. The second kappa shape index (κ2) is 6.94. The van der Waals surface area contributed by atoms with Gasteiger partial charge in [0, 0.05) is 6.61 Å². The number of hydrogen-bond donors (Lipinski definition) is 0. The molecule has 1 saturated heterocycles. The van der Waals surface area contributed by atoms with Crippen molar-refractivity contribution in [1.29, 1.82) is 0 Å². The Labute approximate surface area is 106 Å². The van der Waals surface area contributed by atoms with E-state index in [2.05, 4.69) is 31.2 Å². The SMILES string of the molecule is CCc1ccccc1[SiH2]CCCOCC1CO1. The van der Waals surface area contributed by atoms with Crippen LogP contribution in [-0.2, 0) is 15.9 Å². The monoisotopic (exact) mass is 250 g/mol. The molecule has 1 fully saturated rings. The molecule has 1 aromatic rings. The van der Waals surface area contributed by atoms with Gasteiger partial charge in [-0.25, -0.2) is 0 Å². The molecule has 0 amide bonds. The Morgan fingerprint density at radius 3 is 3.00 bits per heavy atom. The molecule has 1 heterocycles. The van der Waals surface area contributed by atoms with Crippen LogP contribution < -0.4 is 5.19 Å². The Bertz CT molecular complexity index is 337. The number of ether oxygens (including phenoxy) is 2. The molecule has 0 N–H and O–H groups in total. The zero-order chi connectivity index (χ0) is 11.9. The topological polar surface area (TPSA) is 21.8 Å². The van der Waals surface area contributed by atoms with Crippen molar-refractivity contribution in [2.45, 2.75) is 31.9 Å². The minimum atomic E-state index is -0.0943. The van der Waals surface area contributed by atoms with Gasteiger partial charge >= 0.3 is 0 Å². The summed E-state index contributed by atoms with van der Waals surface area (Å²) in [6.45, 7) is 4.85. The first-order valence-electron chi connectivity index (χ1n) is 6.66. The number of rotatable bonds is 8. The van der Waals surface area contributed by atoms with E-state index in [0.717, 1.165) is 19.8 Å². The van der Waals surface area contributed by atoms with Gasteiger partial charge in [-0.3, -0.25) is 0 Å². The molecule has 0 bridgehead atoms. The highest BCUT2D eigenvalue weighted by Crippen LogP contribution is 2.08. The highest BCUT2D eigenvalue weighted by atomic mass is 28.2. The first-order chi connectivity index (χ1) is 8.40. The predicted molar refractivity (Wildman–Crippen MR) is 74.0 cm³/mol. The zero-order valence-electron chi connectivity index (χ0n) is 10.7. The fraction of sp³-hybridized carbons (Fsp3) is 0.571. The summed E-state index contributed by atoms with van der Waals surface area (Å²) >= 11 is 0. The van der Waals surface area contributed by atoms with Gasteiger partial charge in [-0.05, 0) is 18.4 Å². The molecular weight excluding hydrogens is 228 g/mol. The van der Waals surface area contributed by atoms with Crippen LogP contribution in [0.1, 0.15) is 18.9 Å². The molecule has 0 saturated carbocycles. The largest absolute Gasteiger partial charge is 0.379 e. The maximum absolute atomic E-state index is 5.55. The first-order valence-corrected chi connectivity index (χ1v) is 8.37. The molecule has 0 aliphatic carbocycles. The van der Waals surface area contributed by atoms with E-state index in [1.807, 2.05) is 0 Å². The molecule has 94 valence electrons. The summed E-state index contributed by atoms with van der Waals surface area (Å²) in [5.41, 5.74) is 1.55. The van der Waals surface area contributed by atoms with E-state index < -0.39 is 0 Å². The summed E-state index contributed by atoms with van der Waals surface area (Å²) in [5, 5.41) is 1.64. The van der Waals surface area contributed by atoms with Crippen molar-refractivity contribution in [3.8, 4) is 0 Å². The third kappa shape index (κ3) is 4.62. The third-order valence-electron chi connectivity index (χ3n) is 3.19. The van der Waals surface area contributed by atoms with Crippen LogP contribution in [0, 0.1) is 0 Å². The van der Waals surface area contributed by atoms with Crippen LogP contribution in [0.25, 0.3) is 0 Å². The van der Waals surface area contributed by atoms with E-state index in [0.29, 0.717) is 6.10 Å². The maximum Gasteiger partial charge on any atom is 0.104 e. The van der Waals surface area contributed by atoms with Crippen molar-refractivity contribution < 1.29 is 9.47 Å². The Hall–Kier alpha value is -0.643. The normalized spacial score (nSPS) is 19.0. The van der Waals surface area contributed by atoms with Crippen LogP contribution in [0.15, 0.2) is 24.3 Å². The number of hydrogen-bond acceptors (Lipinski definition) is 2. The molecule has 1 aromatic carbocycles. The van der Waals surface area contributed by atoms with Gasteiger partial charge in [0.25, 0.3) is 0 Å². The highest BCUT2D eigenvalue weighted by Gasteiger charge is 2.21. The minimum absolute atomic E-state index is 0.0943. The van der Waals surface area contributed by atoms with E-state index in [1.54, 1.807) is 10.8 Å². The molecule has 2 rings (SSSR count). The summed E-state index contributed by atoms with van der Waals surface area (Å²) in [4.78, 5) is 0. The average molecular weight is 250 g/mol. The first kappa shape index (κ1) is 12.8. The van der Waals surface area contributed by atoms with Gasteiger partial charge in [-0.1, -0.05) is 42.4 Å². The summed E-state index contributed by atoms with van der Waals surface area (Å²) in [6.07, 6.45) is 2.78. The fourth-order valence-electron chi connectivity index (χ4n) is 2.04. The van der Waals surface area contributed by atoms with Crippen molar-refractivity contribution in [3.05, 3.63) is 29.8 Å². The minimum Gasteiger partial charge on any atom is -0.379 e. The van der Waals surface area contributed by atoms with Gasteiger partial charge in [0.2, 0.25) is 0 Å². The quantitative estimate of drug-likeness (QED) is 0.394. The van der Waals surface area contributed by atoms with Crippen LogP contribution in [0.5, 0.6) is 0 Å². The Kier molecular flexibility index (Phi) is 5.23. The average Bonchev–Trinajstić information content (AvgIpc) is 3.18. The van der Waals surface area contributed by atoms with Crippen molar-refractivity contribution in [3.63, 3.8) is 0 Å². The highest BCUT2D eigenvalue weighted by molar-refractivity contribution is 6.54. The van der Waals surface area contributed by atoms with Crippen molar-refractivity contribution >= 4 is 14.7 Å². The van der Waals surface area contributed by atoms with Gasteiger partial charge in [0.15, 0.2) is 0 Å². The number of epoxide rings is 1. The lowest BCUT2D eigenvalue weighted by Crippen LogP contribution is -2.18. The van der Waals surface area contributed by atoms with E-state index >= 15 is 0 Å². The summed E-state index contributed by atoms with van der Waals surface area (Å²) in [7, 11) is -0.0943. The number of benzene rings is 1. The summed E-state index contributed by atoms with van der Waals surface area (Å²) < 4.78 is 10.6. The fourth-order valence-corrected chi connectivity index (χ4v) is 3.87. The van der Waals surface area contributed by atoms with E-state index in [-0.39, 0.29) is 9.52 Å². The van der Waals surface area contributed by atoms with Crippen LogP contribution in [0.4, 0.5) is 0 Å². The molecule has 1 atom stereocenters. The molecule has 0 radical (unpaired) electrons. The lowest BCUT2D eigenvalue weighted by Gasteiger charge is -2.07. The molecule has 17 heavy (non-hydrogen) atoms. The third-order valence-corrected chi connectivity index (χ3v) is 5.27. The second-order valence-corrected chi connectivity index (χ2v) is 6.58. The number of aryl methyl sites for hydroxylation is 1. The van der Waals surface area contributed by atoms with Gasteiger partial charge in [-0.2, -0.15) is 0 Å². The van der Waals surface area contributed by atoms with E-state index in [1.165, 1.54) is 18.9 Å². The van der Waals surface area contributed by atoms with E-state index in [4.69, 9.17) is 9.47 Å². The van der Waals surface area contributed by atoms with Crippen LogP contribution in [0.2, 0.25) is 6.04 Å². The molecule has 0 spiro atoms. The van der Waals surface area contributed by atoms with E-state index in [9.17, 15) is 0 Å². The molecule has 1 aliphatic heterocycles. The molecule has 3 heteroatoms. The van der Waals surface area contributed by atoms with Crippen molar-refractivity contribution in [2.75, 3.05) is 19.8 Å². The van der Waals surface area contributed by atoms with Crippen LogP contribution in [0.3, 0.4) is 0 Å². The predicted octanol–water partition coefficient (Wildman–Crippen LogP) is 1.27. The van der Waals surface area contributed by atoms with Gasteiger partial charge in [0.05, 0.1) is 22.7 Å². The Balaban J connectivity index is 1.59. The molecule has 1 aliphatic rings. The summed E-state index contributed by atoms with van der Waals surface area (Å²) in [6, 6.07) is 10.2. The smallest absolute Gasteiger partial charge is 0.104 e. The van der Waals surface area contributed by atoms with Crippen LogP contribution >= 0.6 is 0 Å². The van der Waals surface area contributed by atoms with Gasteiger partial charge < -0.3 is 9.47 Å².